The Morgan fingerprint density at radius 2 is 1.96 bits per heavy atom. The molecule has 7 heteroatoms. The lowest BCUT2D eigenvalue weighted by Crippen LogP contribution is -2.41. The molecule has 0 spiro atoms. The van der Waals surface area contributed by atoms with Crippen molar-refractivity contribution in [2.24, 2.45) is 4.99 Å². The molecule has 1 atom stereocenters. The molecule has 6 nitrogen and oxygen atoms in total. The van der Waals surface area contributed by atoms with E-state index >= 15 is 0 Å². The van der Waals surface area contributed by atoms with Crippen LogP contribution in [0, 0.1) is 0 Å². The first-order valence-corrected chi connectivity index (χ1v) is 9.66. The summed E-state index contributed by atoms with van der Waals surface area (Å²) in [6, 6.07) is 16.5. The Labute approximate surface area is 162 Å². The van der Waals surface area contributed by atoms with Crippen LogP contribution in [0.1, 0.15) is 19.8 Å². The number of para-hydroxylation sites is 1. The largest absolute Gasteiger partial charge is 0.494 e. The molecule has 0 saturated carbocycles. The molecule has 1 heterocycles. The smallest absolute Gasteiger partial charge is 0.238 e. The molecule has 2 aromatic rings. The van der Waals surface area contributed by atoms with E-state index in [4.69, 9.17) is 4.74 Å². The molecule has 1 fully saturated rings. The van der Waals surface area contributed by atoms with Gasteiger partial charge in [0.1, 0.15) is 11.0 Å². The first kappa shape index (κ1) is 19.0. The van der Waals surface area contributed by atoms with Crippen LogP contribution >= 0.6 is 11.8 Å². The van der Waals surface area contributed by atoms with Crippen LogP contribution in [0.2, 0.25) is 0 Å². The van der Waals surface area contributed by atoms with Gasteiger partial charge in [0.15, 0.2) is 5.17 Å². The maximum absolute atomic E-state index is 12.6. The first-order chi connectivity index (χ1) is 13.1. The second kappa shape index (κ2) is 9.23. The molecule has 1 aliphatic rings. The Morgan fingerprint density at radius 1 is 1.22 bits per heavy atom. The van der Waals surface area contributed by atoms with Crippen molar-refractivity contribution in [3.8, 4) is 5.75 Å². The zero-order valence-corrected chi connectivity index (χ0v) is 15.8. The lowest BCUT2D eigenvalue weighted by atomic mass is 10.2. The Bertz CT molecular complexity index is 822. The third-order valence-electron chi connectivity index (χ3n) is 3.75. The van der Waals surface area contributed by atoms with Crippen molar-refractivity contribution in [2.75, 3.05) is 11.9 Å². The number of ether oxygens (including phenoxy) is 1. The van der Waals surface area contributed by atoms with Gasteiger partial charge in [-0.25, -0.2) is 4.99 Å². The lowest BCUT2D eigenvalue weighted by Gasteiger charge is -2.22. The first-order valence-electron chi connectivity index (χ1n) is 8.78. The minimum Gasteiger partial charge on any atom is -0.494 e. The van der Waals surface area contributed by atoms with Gasteiger partial charge in [0.05, 0.1) is 12.3 Å². The number of hydrogen-bond donors (Lipinski definition) is 2. The highest BCUT2D eigenvalue weighted by Crippen LogP contribution is 2.25. The Hall–Kier alpha value is -2.80. The molecular weight excluding hydrogens is 362 g/mol. The number of rotatable bonds is 6. The quantitative estimate of drug-likeness (QED) is 0.797. The molecule has 3 rings (SSSR count). The maximum Gasteiger partial charge on any atom is 0.238 e. The van der Waals surface area contributed by atoms with Crippen molar-refractivity contribution in [3.05, 3.63) is 54.6 Å². The number of carbonyl (C=O) groups excluding carboxylic acids is 2. The summed E-state index contributed by atoms with van der Waals surface area (Å²) in [7, 11) is 0. The molecular formula is C20H21N3O3S. The summed E-state index contributed by atoms with van der Waals surface area (Å²) >= 11 is 1.25. The molecule has 140 valence electrons. The minimum absolute atomic E-state index is 0.113. The standard InChI is InChI=1S/C20H21N3O3S/c1-2-12-26-16-10-8-15(9-11-16)21-19(25)17-13-18(24)23-20(27-17)22-14-6-4-3-5-7-14/h3-11,17H,2,12-13H2,1H3,(H,21,25)(H,22,23,24)/t17-/m0/s1. The molecule has 2 amide bonds. The van der Waals surface area contributed by atoms with Gasteiger partial charge in [-0.3, -0.25) is 9.59 Å². The highest BCUT2D eigenvalue weighted by molar-refractivity contribution is 8.15. The molecule has 2 aromatic carbocycles. The molecule has 27 heavy (non-hydrogen) atoms. The van der Waals surface area contributed by atoms with Crippen molar-refractivity contribution in [1.82, 2.24) is 5.32 Å². The summed E-state index contributed by atoms with van der Waals surface area (Å²) < 4.78 is 5.53. The summed E-state index contributed by atoms with van der Waals surface area (Å²) in [5.41, 5.74) is 1.39. The summed E-state index contributed by atoms with van der Waals surface area (Å²) in [5.74, 6) is 0.322. The Morgan fingerprint density at radius 3 is 2.67 bits per heavy atom. The van der Waals surface area contributed by atoms with E-state index in [-0.39, 0.29) is 18.2 Å². The Balaban J connectivity index is 1.63. The van der Waals surface area contributed by atoms with Gasteiger partial charge in [-0.15, -0.1) is 0 Å². The monoisotopic (exact) mass is 383 g/mol. The fourth-order valence-corrected chi connectivity index (χ4v) is 3.44. The van der Waals surface area contributed by atoms with Crippen molar-refractivity contribution in [2.45, 2.75) is 25.0 Å². The van der Waals surface area contributed by atoms with Gasteiger partial charge >= 0.3 is 0 Å². The summed E-state index contributed by atoms with van der Waals surface area (Å²) in [5, 5.41) is 5.47. The normalized spacial score (nSPS) is 18.0. The van der Waals surface area contributed by atoms with E-state index < -0.39 is 5.25 Å². The second-order valence-electron chi connectivity index (χ2n) is 5.97. The fraction of sp³-hybridized carbons (Fsp3) is 0.250. The third kappa shape index (κ3) is 5.59. The van der Waals surface area contributed by atoms with E-state index in [9.17, 15) is 9.59 Å². The predicted octanol–water partition coefficient (Wildman–Crippen LogP) is 3.72. The van der Waals surface area contributed by atoms with Gasteiger partial charge in [0.25, 0.3) is 0 Å². The molecule has 1 saturated heterocycles. The van der Waals surface area contributed by atoms with Crippen LogP contribution in [-0.2, 0) is 9.59 Å². The molecule has 1 aliphatic heterocycles. The van der Waals surface area contributed by atoms with Gasteiger partial charge in [0.2, 0.25) is 11.8 Å². The minimum atomic E-state index is -0.530. The average Bonchev–Trinajstić information content (AvgIpc) is 2.68. The van der Waals surface area contributed by atoms with E-state index in [1.165, 1.54) is 11.8 Å². The van der Waals surface area contributed by atoms with E-state index in [1.54, 1.807) is 12.1 Å². The number of nitrogens with zero attached hydrogens (tertiary/aromatic N) is 1. The van der Waals surface area contributed by atoms with E-state index in [0.717, 1.165) is 17.9 Å². The maximum atomic E-state index is 12.6. The van der Waals surface area contributed by atoms with Crippen LogP contribution in [0.3, 0.4) is 0 Å². The highest BCUT2D eigenvalue weighted by atomic mass is 32.2. The number of aliphatic imine (C=N–C) groups is 1. The zero-order valence-electron chi connectivity index (χ0n) is 15.0. The number of benzene rings is 2. The molecule has 0 unspecified atom stereocenters. The van der Waals surface area contributed by atoms with Gasteiger partial charge in [-0.1, -0.05) is 36.9 Å². The fourth-order valence-electron chi connectivity index (χ4n) is 2.44. The number of amides is 2. The number of hydrogen-bond acceptors (Lipinski definition) is 5. The average molecular weight is 383 g/mol. The number of anilines is 1. The molecule has 0 aromatic heterocycles. The van der Waals surface area contributed by atoms with Crippen LogP contribution in [0.4, 0.5) is 11.4 Å². The zero-order chi connectivity index (χ0) is 19.1. The number of amidine groups is 1. The topological polar surface area (TPSA) is 79.8 Å². The predicted molar refractivity (Wildman–Crippen MR) is 109 cm³/mol. The molecule has 0 bridgehead atoms. The van der Waals surface area contributed by atoms with Gasteiger partial charge < -0.3 is 15.4 Å². The lowest BCUT2D eigenvalue weighted by molar-refractivity contribution is -0.123. The van der Waals surface area contributed by atoms with Crippen molar-refractivity contribution in [1.29, 1.82) is 0 Å². The summed E-state index contributed by atoms with van der Waals surface area (Å²) in [6.45, 7) is 2.70. The van der Waals surface area contributed by atoms with Crippen LogP contribution in [-0.4, -0.2) is 28.8 Å². The molecule has 0 radical (unpaired) electrons. The van der Waals surface area contributed by atoms with Gasteiger partial charge in [0, 0.05) is 12.1 Å². The number of carbonyl (C=O) groups is 2. The number of thioether (sulfide) groups is 1. The molecule has 2 N–H and O–H groups in total. The molecule has 0 aliphatic carbocycles. The number of nitrogens with one attached hydrogen (secondary N) is 2. The van der Waals surface area contributed by atoms with Crippen LogP contribution < -0.4 is 15.4 Å². The van der Waals surface area contributed by atoms with Gasteiger partial charge in [-0.05, 0) is 42.8 Å². The van der Waals surface area contributed by atoms with Crippen LogP contribution in [0.5, 0.6) is 5.75 Å². The second-order valence-corrected chi connectivity index (χ2v) is 7.16. The van der Waals surface area contributed by atoms with Crippen molar-refractivity contribution in [3.63, 3.8) is 0 Å². The van der Waals surface area contributed by atoms with E-state index in [1.807, 2.05) is 49.4 Å². The van der Waals surface area contributed by atoms with Crippen molar-refractivity contribution < 1.29 is 14.3 Å². The highest BCUT2D eigenvalue weighted by Gasteiger charge is 2.30. The SMILES string of the molecule is CCCOc1ccc(NC(=O)[C@@H]2CC(=O)NC(=Nc3ccccc3)S2)cc1. The van der Waals surface area contributed by atoms with Gasteiger partial charge in [-0.2, -0.15) is 0 Å². The summed E-state index contributed by atoms with van der Waals surface area (Å²) in [6.07, 6.45) is 1.05. The third-order valence-corrected chi connectivity index (χ3v) is 4.83. The van der Waals surface area contributed by atoms with E-state index in [0.29, 0.717) is 17.5 Å². The van der Waals surface area contributed by atoms with E-state index in [2.05, 4.69) is 15.6 Å². The Kier molecular flexibility index (Phi) is 6.49. The van der Waals surface area contributed by atoms with Crippen LogP contribution in [0.15, 0.2) is 59.6 Å². The van der Waals surface area contributed by atoms with Crippen molar-refractivity contribution >= 4 is 40.1 Å². The van der Waals surface area contributed by atoms with Crippen LogP contribution in [0.25, 0.3) is 0 Å². The summed E-state index contributed by atoms with van der Waals surface area (Å²) in [4.78, 5) is 28.9.